The van der Waals surface area contributed by atoms with Crippen LogP contribution >= 0.6 is 11.6 Å². The average Bonchev–Trinajstić information content (AvgIpc) is 2.29. The molecular weight excluding hydrogens is 283 g/mol. The highest BCUT2D eigenvalue weighted by atomic mass is 35.5. The lowest BCUT2D eigenvalue weighted by Gasteiger charge is -2.20. The number of halogens is 2. The SMILES string of the molecule is CC(C)(C)NC(=O)CNC(=O)Cc1c(F)cccc1Cl. The van der Waals surface area contributed by atoms with Gasteiger partial charge in [0.15, 0.2) is 0 Å². The molecule has 4 nitrogen and oxygen atoms in total. The number of benzene rings is 1. The Morgan fingerprint density at radius 3 is 2.45 bits per heavy atom. The van der Waals surface area contributed by atoms with Crippen molar-refractivity contribution in [2.45, 2.75) is 32.7 Å². The van der Waals surface area contributed by atoms with E-state index in [2.05, 4.69) is 10.6 Å². The van der Waals surface area contributed by atoms with Crippen molar-refractivity contribution in [1.29, 1.82) is 0 Å². The standard InChI is InChI=1S/C14H18ClFN2O2/c1-14(2,3)18-13(20)8-17-12(19)7-9-10(15)5-4-6-11(9)16/h4-6H,7-8H2,1-3H3,(H,17,19)(H,18,20). The van der Waals surface area contributed by atoms with Crippen LogP contribution in [0.15, 0.2) is 18.2 Å². The van der Waals surface area contributed by atoms with E-state index >= 15 is 0 Å². The molecule has 110 valence electrons. The van der Waals surface area contributed by atoms with Crippen molar-refractivity contribution in [3.63, 3.8) is 0 Å². The lowest BCUT2D eigenvalue weighted by atomic mass is 10.1. The second-order valence-electron chi connectivity index (χ2n) is 5.45. The molecule has 0 saturated carbocycles. The summed E-state index contributed by atoms with van der Waals surface area (Å²) in [5.74, 6) is -1.29. The molecule has 0 heterocycles. The van der Waals surface area contributed by atoms with E-state index in [1.54, 1.807) is 0 Å². The van der Waals surface area contributed by atoms with Gasteiger partial charge in [-0.05, 0) is 32.9 Å². The Labute approximate surface area is 122 Å². The first-order valence-corrected chi connectivity index (χ1v) is 6.57. The van der Waals surface area contributed by atoms with E-state index in [9.17, 15) is 14.0 Å². The summed E-state index contributed by atoms with van der Waals surface area (Å²) in [7, 11) is 0. The van der Waals surface area contributed by atoms with E-state index in [1.807, 2.05) is 20.8 Å². The first-order valence-electron chi connectivity index (χ1n) is 6.19. The number of nitrogens with one attached hydrogen (secondary N) is 2. The smallest absolute Gasteiger partial charge is 0.239 e. The number of hydrogen-bond donors (Lipinski definition) is 2. The summed E-state index contributed by atoms with van der Waals surface area (Å²) >= 11 is 5.82. The topological polar surface area (TPSA) is 58.2 Å². The van der Waals surface area contributed by atoms with E-state index in [1.165, 1.54) is 18.2 Å². The molecule has 1 rings (SSSR count). The average molecular weight is 301 g/mol. The van der Waals surface area contributed by atoms with Crippen LogP contribution in [0, 0.1) is 5.82 Å². The van der Waals surface area contributed by atoms with Crippen molar-refractivity contribution in [3.8, 4) is 0 Å². The molecule has 2 amide bonds. The molecule has 0 atom stereocenters. The third-order valence-corrected chi connectivity index (χ3v) is 2.71. The molecule has 0 aliphatic heterocycles. The van der Waals surface area contributed by atoms with Gasteiger partial charge in [-0.25, -0.2) is 4.39 Å². The zero-order valence-electron chi connectivity index (χ0n) is 11.7. The minimum atomic E-state index is -0.535. The van der Waals surface area contributed by atoms with Crippen LogP contribution in [0.4, 0.5) is 4.39 Å². The molecular formula is C14H18ClFN2O2. The first kappa shape index (κ1) is 16.4. The molecule has 0 aliphatic rings. The fourth-order valence-electron chi connectivity index (χ4n) is 1.57. The fraction of sp³-hybridized carbons (Fsp3) is 0.429. The van der Waals surface area contributed by atoms with Crippen LogP contribution in [-0.2, 0) is 16.0 Å². The highest BCUT2D eigenvalue weighted by Crippen LogP contribution is 2.19. The molecule has 0 saturated heterocycles. The molecule has 0 spiro atoms. The van der Waals surface area contributed by atoms with Gasteiger partial charge in [-0.3, -0.25) is 9.59 Å². The van der Waals surface area contributed by atoms with Crippen molar-refractivity contribution in [2.75, 3.05) is 6.54 Å². The summed E-state index contributed by atoms with van der Waals surface area (Å²) in [6.07, 6.45) is -0.200. The summed E-state index contributed by atoms with van der Waals surface area (Å²) in [6.45, 7) is 5.37. The van der Waals surface area contributed by atoms with Gasteiger partial charge in [-0.1, -0.05) is 17.7 Å². The van der Waals surface area contributed by atoms with Crippen molar-refractivity contribution in [1.82, 2.24) is 10.6 Å². The molecule has 0 aromatic heterocycles. The highest BCUT2D eigenvalue weighted by Gasteiger charge is 2.15. The Morgan fingerprint density at radius 2 is 1.90 bits per heavy atom. The molecule has 2 N–H and O–H groups in total. The van der Waals surface area contributed by atoms with E-state index in [0.717, 1.165) is 0 Å². The van der Waals surface area contributed by atoms with Gasteiger partial charge >= 0.3 is 0 Å². The van der Waals surface area contributed by atoms with Crippen molar-refractivity contribution < 1.29 is 14.0 Å². The predicted molar refractivity (Wildman–Crippen MR) is 76.0 cm³/mol. The molecule has 1 aromatic carbocycles. The Balaban J connectivity index is 2.51. The fourth-order valence-corrected chi connectivity index (χ4v) is 1.80. The minimum Gasteiger partial charge on any atom is -0.350 e. The van der Waals surface area contributed by atoms with Crippen LogP contribution in [0.2, 0.25) is 5.02 Å². The van der Waals surface area contributed by atoms with Crippen molar-refractivity contribution in [2.24, 2.45) is 0 Å². The summed E-state index contributed by atoms with van der Waals surface area (Å²) in [5, 5.41) is 5.33. The van der Waals surface area contributed by atoms with Crippen LogP contribution < -0.4 is 10.6 Å². The number of hydrogen-bond acceptors (Lipinski definition) is 2. The van der Waals surface area contributed by atoms with Crippen molar-refractivity contribution in [3.05, 3.63) is 34.6 Å². The van der Waals surface area contributed by atoms with E-state index < -0.39 is 11.7 Å². The molecule has 1 aromatic rings. The summed E-state index contributed by atoms with van der Waals surface area (Å²) in [4.78, 5) is 23.2. The van der Waals surface area contributed by atoms with Crippen LogP contribution in [0.1, 0.15) is 26.3 Å². The number of amides is 2. The van der Waals surface area contributed by atoms with Gasteiger partial charge in [0.2, 0.25) is 11.8 Å². The van der Waals surface area contributed by atoms with Gasteiger partial charge in [-0.2, -0.15) is 0 Å². The molecule has 0 radical (unpaired) electrons. The number of carbonyl (C=O) groups is 2. The Hall–Kier alpha value is -1.62. The van der Waals surface area contributed by atoms with Gasteiger partial charge in [0.1, 0.15) is 5.82 Å². The van der Waals surface area contributed by atoms with Crippen LogP contribution in [-0.4, -0.2) is 23.9 Å². The highest BCUT2D eigenvalue weighted by molar-refractivity contribution is 6.31. The third kappa shape index (κ3) is 5.57. The summed E-state index contributed by atoms with van der Waals surface area (Å²) in [5.41, 5.74) is -0.237. The molecule has 6 heteroatoms. The zero-order valence-corrected chi connectivity index (χ0v) is 12.5. The Bertz CT molecular complexity index is 492. The third-order valence-electron chi connectivity index (χ3n) is 2.36. The van der Waals surface area contributed by atoms with Gasteiger partial charge in [-0.15, -0.1) is 0 Å². The molecule has 0 bridgehead atoms. The minimum absolute atomic E-state index is 0.128. The summed E-state index contributed by atoms with van der Waals surface area (Å²) in [6, 6.07) is 4.22. The normalized spacial score (nSPS) is 11.1. The van der Waals surface area contributed by atoms with Crippen LogP contribution in [0.25, 0.3) is 0 Å². The van der Waals surface area contributed by atoms with Gasteiger partial charge in [0.25, 0.3) is 0 Å². The zero-order chi connectivity index (χ0) is 15.3. The number of carbonyl (C=O) groups excluding carboxylic acids is 2. The molecule has 0 aliphatic carbocycles. The monoisotopic (exact) mass is 300 g/mol. The second-order valence-corrected chi connectivity index (χ2v) is 5.86. The molecule has 0 fully saturated rings. The molecule has 0 unspecified atom stereocenters. The van der Waals surface area contributed by atoms with E-state index in [4.69, 9.17) is 11.6 Å². The number of rotatable bonds is 4. The maximum Gasteiger partial charge on any atom is 0.239 e. The van der Waals surface area contributed by atoms with Crippen molar-refractivity contribution >= 4 is 23.4 Å². The van der Waals surface area contributed by atoms with Gasteiger partial charge < -0.3 is 10.6 Å². The maximum absolute atomic E-state index is 13.5. The van der Waals surface area contributed by atoms with Gasteiger partial charge in [0, 0.05) is 16.1 Å². The van der Waals surface area contributed by atoms with E-state index in [-0.39, 0.29) is 35.0 Å². The van der Waals surface area contributed by atoms with Crippen LogP contribution in [0.5, 0.6) is 0 Å². The lowest BCUT2D eigenvalue weighted by Crippen LogP contribution is -2.46. The maximum atomic E-state index is 13.5. The largest absolute Gasteiger partial charge is 0.350 e. The van der Waals surface area contributed by atoms with E-state index in [0.29, 0.717) is 0 Å². The lowest BCUT2D eigenvalue weighted by molar-refractivity contribution is -0.126. The predicted octanol–water partition coefficient (Wildman–Crippen LogP) is 2.05. The summed E-state index contributed by atoms with van der Waals surface area (Å²) < 4.78 is 13.5. The Morgan fingerprint density at radius 1 is 1.25 bits per heavy atom. The van der Waals surface area contributed by atoms with Crippen LogP contribution in [0.3, 0.4) is 0 Å². The molecule has 20 heavy (non-hydrogen) atoms. The second kappa shape index (κ2) is 6.70. The quantitative estimate of drug-likeness (QED) is 0.894. The first-order chi connectivity index (χ1) is 9.19. The van der Waals surface area contributed by atoms with Gasteiger partial charge in [0.05, 0.1) is 13.0 Å². The Kier molecular flexibility index (Phi) is 5.51.